The predicted molar refractivity (Wildman–Crippen MR) is 106 cm³/mol. The van der Waals surface area contributed by atoms with Crippen LogP contribution in [0.1, 0.15) is 31.3 Å². The Morgan fingerprint density at radius 1 is 1.32 bits per heavy atom. The third-order valence-electron chi connectivity index (χ3n) is 4.58. The zero-order valence-corrected chi connectivity index (χ0v) is 15.2. The summed E-state index contributed by atoms with van der Waals surface area (Å²) in [7, 11) is 1.77. The number of aliphatic imine (C=N–C) groups is 1. The van der Waals surface area contributed by atoms with Gasteiger partial charge in [0.05, 0.1) is 11.4 Å². The van der Waals surface area contributed by atoms with E-state index in [9.17, 15) is 0 Å². The van der Waals surface area contributed by atoms with E-state index in [1.807, 2.05) is 12.3 Å². The number of aromatic amines is 1. The fraction of sp³-hybridized carbons (Fsp3) is 0.474. The molecule has 4 N–H and O–H groups in total. The Morgan fingerprint density at radius 2 is 2.12 bits per heavy atom. The van der Waals surface area contributed by atoms with Gasteiger partial charge < -0.3 is 20.9 Å². The van der Waals surface area contributed by atoms with Crippen LogP contribution in [0, 0.1) is 0 Å². The monoisotopic (exact) mass is 340 g/mol. The van der Waals surface area contributed by atoms with Crippen molar-refractivity contribution in [3.8, 4) is 11.3 Å². The van der Waals surface area contributed by atoms with Crippen molar-refractivity contribution in [2.45, 2.75) is 26.2 Å². The highest BCUT2D eigenvalue weighted by Crippen LogP contribution is 2.31. The highest BCUT2D eigenvalue weighted by molar-refractivity contribution is 5.91. The first-order chi connectivity index (χ1) is 12.2. The fourth-order valence-corrected chi connectivity index (χ4v) is 3.20. The number of unbranched alkanes of at least 4 members (excludes halogenated alkanes) is 1. The smallest absolute Gasteiger partial charge is 0.107 e. The van der Waals surface area contributed by atoms with Gasteiger partial charge in [-0.25, -0.2) is 4.98 Å². The summed E-state index contributed by atoms with van der Waals surface area (Å²) in [6, 6.07) is 6.25. The summed E-state index contributed by atoms with van der Waals surface area (Å²) >= 11 is 0. The van der Waals surface area contributed by atoms with E-state index in [0.29, 0.717) is 0 Å². The highest BCUT2D eigenvalue weighted by atomic mass is 15.2. The fourth-order valence-electron chi connectivity index (χ4n) is 3.20. The lowest BCUT2D eigenvalue weighted by Gasteiger charge is -2.30. The molecule has 25 heavy (non-hydrogen) atoms. The molecule has 0 unspecified atom stereocenters. The third kappa shape index (κ3) is 4.02. The Bertz CT molecular complexity index is 728. The van der Waals surface area contributed by atoms with E-state index in [2.05, 4.69) is 39.2 Å². The molecule has 1 aromatic carbocycles. The SMILES string of the molecule is CCCCc1nc(-c2cc(N3CCNCC3)ccc2N)c(C=NC)[nH]1. The molecule has 0 atom stereocenters. The summed E-state index contributed by atoms with van der Waals surface area (Å²) in [5.74, 6) is 0.999. The number of hydrogen-bond donors (Lipinski definition) is 3. The molecular weight excluding hydrogens is 312 g/mol. The molecule has 1 fully saturated rings. The maximum Gasteiger partial charge on any atom is 0.107 e. The Labute approximate surface area is 149 Å². The van der Waals surface area contributed by atoms with Crippen molar-refractivity contribution >= 4 is 17.6 Å². The molecule has 134 valence electrons. The van der Waals surface area contributed by atoms with Gasteiger partial charge in [0.2, 0.25) is 0 Å². The standard InChI is InChI=1S/C19H28N6/c1-3-4-5-18-23-17(13-21-2)19(24-18)15-12-14(6-7-16(15)20)25-10-8-22-9-11-25/h6-7,12-13,22H,3-5,8-11,20H2,1-2H3,(H,23,24). The molecule has 0 spiro atoms. The number of nitrogen functional groups attached to an aromatic ring is 1. The molecule has 1 aromatic heterocycles. The van der Waals surface area contributed by atoms with E-state index in [0.717, 1.165) is 73.9 Å². The van der Waals surface area contributed by atoms with Gasteiger partial charge in [-0.1, -0.05) is 13.3 Å². The number of hydrogen-bond acceptors (Lipinski definition) is 5. The average Bonchev–Trinajstić information content (AvgIpc) is 3.04. The average molecular weight is 340 g/mol. The first-order valence-electron chi connectivity index (χ1n) is 9.09. The van der Waals surface area contributed by atoms with Crippen molar-refractivity contribution in [3.05, 3.63) is 29.7 Å². The van der Waals surface area contributed by atoms with Gasteiger partial charge in [0, 0.05) is 62.8 Å². The Kier molecular flexibility index (Phi) is 5.71. The summed E-state index contributed by atoms with van der Waals surface area (Å²) < 4.78 is 0. The molecule has 1 aliphatic heterocycles. The number of imidazole rings is 1. The second-order valence-corrected chi connectivity index (χ2v) is 6.45. The maximum absolute atomic E-state index is 6.30. The van der Waals surface area contributed by atoms with E-state index in [4.69, 9.17) is 10.7 Å². The van der Waals surface area contributed by atoms with Gasteiger partial charge in [-0.05, 0) is 24.6 Å². The third-order valence-corrected chi connectivity index (χ3v) is 4.58. The van der Waals surface area contributed by atoms with E-state index in [1.165, 1.54) is 5.69 Å². The molecule has 0 saturated carbocycles. The van der Waals surface area contributed by atoms with Crippen LogP contribution >= 0.6 is 0 Å². The molecule has 3 rings (SSSR count). The molecular formula is C19H28N6. The minimum atomic E-state index is 0.748. The molecule has 1 saturated heterocycles. The normalized spacial score (nSPS) is 15.2. The van der Waals surface area contributed by atoms with Gasteiger partial charge >= 0.3 is 0 Å². The Hall–Kier alpha value is -2.34. The molecule has 0 radical (unpaired) electrons. The zero-order valence-electron chi connectivity index (χ0n) is 15.2. The van der Waals surface area contributed by atoms with Crippen molar-refractivity contribution < 1.29 is 0 Å². The largest absolute Gasteiger partial charge is 0.398 e. The van der Waals surface area contributed by atoms with Crippen LogP contribution in [-0.4, -0.2) is 49.4 Å². The van der Waals surface area contributed by atoms with Crippen LogP contribution in [0.3, 0.4) is 0 Å². The van der Waals surface area contributed by atoms with Crippen LogP contribution in [0.2, 0.25) is 0 Å². The number of aryl methyl sites for hydroxylation is 1. The minimum Gasteiger partial charge on any atom is -0.398 e. The lowest BCUT2D eigenvalue weighted by molar-refractivity contribution is 0.589. The molecule has 0 bridgehead atoms. The molecule has 0 aliphatic carbocycles. The van der Waals surface area contributed by atoms with Gasteiger partial charge in [0.15, 0.2) is 0 Å². The number of piperazine rings is 1. The van der Waals surface area contributed by atoms with Crippen LogP contribution in [-0.2, 0) is 6.42 Å². The van der Waals surface area contributed by atoms with Crippen molar-refractivity contribution in [1.29, 1.82) is 0 Å². The lowest BCUT2D eigenvalue weighted by Crippen LogP contribution is -2.43. The van der Waals surface area contributed by atoms with Crippen LogP contribution in [0.15, 0.2) is 23.2 Å². The van der Waals surface area contributed by atoms with Crippen molar-refractivity contribution in [2.75, 3.05) is 43.9 Å². The van der Waals surface area contributed by atoms with Crippen LogP contribution in [0.25, 0.3) is 11.3 Å². The topological polar surface area (TPSA) is 82.3 Å². The van der Waals surface area contributed by atoms with E-state index < -0.39 is 0 Å². The van der Waals surface area contributed by atoms with Crippen molar-refractivity contribution in [1.82, 2.24) is 15.3 Å². The predicted octanol–water partition coefficient (Wildman–Crippen LogP) is 2.46. The van der Waals surface area contributed by atoms with Crippen LogP contribution in [0.4, 0.5) is 11.4 Å². The lowest BCUT2D eigenvalue weighted by atomic mass is 10.1. The minimum absolute atomic E-state index is 0.748. The highest BCUT2D eigenvalue weighted by Gasteiger charge is 2.17. The quantitative estimate of drug-likeness (QED) is 0.557. The summed E-state index contributed by atoms with van der Waals surface area (Å²) in [5, 5.41) is 3.39. The molecule has 6 heteroatoms. The Morgan fingerprint density at radius 3 is 2.84 bits per heavy atom. The molecule has 0 amide bonds. The molecule has 1 aliphatic rings. The number of benzene rings is 1. The van der Waals surface area contributed by atoms with E-state index in [1.54, 1.807) is 7.05 Å². The van der Waals surface area contributed by atoms with Gasteiger partial charge in [0.1, 0.15) is 5.82 Å². The zero-order chi connectivity index (χ0) is 17.6. The summed E-state index contributed by atoms with van der Waals surface area (Å²) in [6.07, 6.45) is 5.03. The second kappa shape index (κ2) is 8.16. The number of rotatable bonds is 6. The van der Waals surface area contributed by atoms with Crippen LogP contribution < -0.4 is 16.0 Å². The van der Waals surface area contributed by atoms with Gasteiger partial charge in [-0.2, -0.15) is 0 Å². The number of H-pyrrole nitrogens is 1. The number of nitrogens with zero attached hydrogens (tertiary/aromatic N) is 3. The number of aromatic nitrogens is 2. The van der Waals surface area contributed by atoms with Crippen molar-refractivity contribution in [2.24, 2.45) is 4.99 Å². The Balaban J connectivity index is 1.97. The van der Waals surface area contributed by atoms with Gasteiger partial charge in [-0.15, -0.1) is 0 Å². The first kappa shape index (κ1) is 17.5. The maximum atomic E-state index is 6.30. The number of nitrogens with two attached hydrogens (primary N) is 1. The van der Waals surface area contributed by atoms with E-state index in [-0.39, 0.29) is 0 Å². The van der Waals surface area contributed by atoms with Gasteiger partial charge in [-0.3, -0.25) is 4.99 Å². The second-order valence-electron chi connectivity index (χ2n) is 6.45. The summed E-state index contributed by atoms with van der Waals surface area (Å²) in [5.41, 5.74) is 11.0. The van der Waals surface area contributed by atoms with Crippen molar-refractivity contribution in [3.63, 3.8) is 0 Å². The van der Waals surface area contributed by atoms with E-state index >= 15 is 0 Å². The number of nitrogens with one attached hydrogen (secondary N) is 2. The van der Waals surface area contributed by atoms with Gasteiger partial charge in [0.25, 0.3) is 0 Å². The molecule has 6 nitrogen and oxygen atoms in total. The molecule has 2 aromatic rings. The first-order valence-corrected chi connectivity index (χ1v) is 9.09. The molecule has 2 heterocycles. The van der Waals surface area contributed by atoms with Crippen LogP contribution in [0.5, 0.6) is 0 Å². The summed E-state index contributed by atoms with van der Waals surface area (Å²) in [6.45, 7) is 6.23. The number of anilines is 2. The summed E-state index contributed by atoms with van der Waals surface area (Å²) in [4.78, 5) is 14.8.